The Bertz CT molecular complexity index is 374. The summed E-state index contributed by atoms with van der Waals surface area (Å²) in [4.78, 5) is 0. The van der Waals surface area contributed by atoms with Crippen LogP contribution in [0.4, 0.5) is 8.78 Å². The summed E-state index contributed by atoms with van der Waals surface area (Å²) in [5, 5.41) is 8.83. The molecule has 15 heavy (non-hydrogen) atoms. The zero-order valence-electron chi connectivity index (χ0n) is 7.93. The maximum absolute atomic E-state index is 13.6. The minimum absolute atomic E-state index is 0.0558. The van der Waals surface area contributed by atoms with E-state index in [-0.39, 0.29) is 15.8 Å². The van der Waals surface area contributed by atoms with Crippen LogP contribution in [0, 0.1) is 11.6 Å². The minimum atomic E-state index is -1.02. The zero-order valence-corrected chi connectivity index (χ0v) is 9.51. The van der Waals surface area contributed by atoms with Crippen molar-refractivity contribution in [2.24, 2.45) is 5.73 Å². The second-order valence-corrected chi connectivity index (χ2v) is 3.74. The molecule has 1 aromatic carbocycles. The van der Waals surface area contributed by atoms with Crippen LogP contribution in [0.15, 0.2) is 10.5 Å². The summed E-state index contributed by atoms with van der Waals surface area (Å²) in [6.07, 6.45) is 0. The van der Waals surface area contributed by atoms with Gasteiger partial charge in [0.15, 0.2) is 11.6 Å². The summed E-state index contributed by atoms with van der Waals surface area (Å²) < 4.78 is 31.6. The highest BCUT2D eigenvalue weighted by molar-refractivity contribution is 9.10. The van der Waals surface area contributed by atoms with Gasteiger partial charge in [-0.1, -0.05) is 0 Å². The van der Waals surface area contributed by atoms with E-state index in [0.717, 1.165) is 6.07 Å². The Kier molecular flexibility index (Phi) is 4.01. The molecule has 1 aromatic rings. The van der Waals surface area contributed by atoms with E-state index in [1.54, 1.807) is 0 Å². The van der Waals surface area contributed by atoms with Gasteiger partial charge in [0.2, 0.25) is 0 Å². The predicted octanol–water partition coefficient (Wildman–Crippen LogP) is 1.73. The van der Waals surface area contributed by atoms with Gasteiger partial charge < -0.3 is 15.6 Å². The molecule has 1 unspecified atom stereocenters. The average molecular weight is 282 g/mol. The summed E-state index contributed by atoms with van der Waals surface area (Å²) in [6, 6.07) is -0.0752. The first-order valence-electron chi connectivity index (χ1n) is 4.10. The number of rotatable bonds is 3. The fourth-order valence-electron chi connectivity index (χ4n) is 1.23. The molecule has 3 nitrogen and oxygen atoms in total. The third-order valence-corrected chi connectivity index (χ3v) is 2.51. The van der Waals surface area contributed by atoms with Crippen molar-refractivity contribution < 1.29 is 18.6 Å². The van der Waals surface area contributed by atoms with Crippen LogP contribution in [0.5, 0.6) is 5.75 Å². The van der Waals surface area contributed by atoms with Gasteiger partial charge in [0.1, 0.15) is 5.82 Å². The second kappa shape index (κ2) is 4.87. The smallest absolute Gasteiger partial charge is 0.166 e. The van der Waals surface area contributed by atoms with Gasteiger partial charge in [-0.3, -0.25) is 0 Å². The van der Waals surface area contributed by atoms with Gasteiger partial charge >= 0.3 is 0 Å². The Morgan fingerprint density at radius 3 is 2.67 bits per heavy atom. The van der Waals surface area contributed by atoms with Crippen LogP contribution in [0.3, 0.4) is 0 Å². The topological polar surface area (TPSA) is 55.5 Å². The lowest BCUT2D eigenvalue weighted by atomic mass is 10.1. The fourth-order valence-corrected chi connectivity index (χ4v) is 1.64. The lowest BCUT2D eigenvalue weighted by Crippen LogP contribution is -2.18. The average Bonchev–Trinajstić information content (AvgIpc) is 2.21. The molecule has 0 aliphatic heterocycles. The van der Waals surface area contributed by atoms with Crippen molar-refractivity contribution in [3.8, 4) is 5.75 Å². The van der Waals surface area contributed by atoms with Gasteiger partial charge in [-0.15, -0.1) is 0 Å². The molecular weight excluding hydrogens is 272 g/mol. The number of methoxy groups -OCH3 is 1. The number of nitrogens with two attached hydrogens (primary N) is 1. The van der Waals surface area contributed by atoms with Crippen LogP contribution >= 0.6 is 15.9 Å². The molecule has 0 saturated carbocycles. The van der Waals surface area contributed by atoms with Crippen LogP contribution in [-0.4, -0.2) is 18.8 Å². The number of hydrogen-bond donors (Lipinski definition) is 2. The van der Waals surface area contributed by atoms with Crippen LogP contribution in [-0.2, 0) is 0 Å². The van der Waals surface area contributed by atoms with Crippen molar-refractivity contribution >= 4 is 15.9 Å². The van der Waals surface area contributed by atoms with Crippen LogP contribution in [0.1, 0.15) is 11.6 Å². The normalized spacial score (nSPS) is 12.7. The van der Waals surface area contributed by atoms with Gasteiger partial charge in [-0.2, -0.15) is 0 Å². The lowest BCUT2D eigenvalue weighted by molar-refractivity contribution is 0.259. The number of halogens is 3. The molecule has 0 spiro atoms. The molecule has 0 radical (unpaired) electrons. The van der Waals surface area contributed by atoms with E-state index < -0.39 is 24.3 Å². The summed E-state index contributed by atoms with van der Waals surface area (Å²) in [5.74, 6) is -1.74. The Hall–Kier alpha value is -0.720. The molecule has 0 aliphatic rings. The molecule has 0 saturated heterocycles. The van der Waals surface area contributed by atoms with E-state index in [0.29, 0.717) is 0 Å². The second-order valence-electron chi connectivity index (χ2n) is 2.89. The Balaban J connectivity index is 3.43. The maximum Gasteiger partial charge on any atom is 0.166 e. The van der Waals surface area contributed by atoms with E-state index in [4.69, 9.17) is 15.6 Å². The summed E-state index contributed by atoms with van der Waals surface area (Å²) in [7, 11) is 1.21. The molecule has 1 rings (SSSR count). The first-order valence-corrected chi connectivity index (χ1v) is 4.90. The van der Waals surface area contributed by atoms with Crippen molar-refractivity contribution in [3.05, 3.63) is 27.7 Å². The lowest BCUT2D eigenvalue weighted by Gasteiger charge is -2.15. The van der Waals surface area contributed by atoms with E-state index >= 15 is 0 Å². The summed E-state index contributed by atoms with van der Waals surface area (Å²) >= 11 is 2.85. The van der Waals surface area contributed by atoms with Gasteiger partial charge in [-0.05, 0) is 22.0 Å². The highest BCUT2D eigenvalue weighted by Crippen LogP contribution is 2.34. The third kappa shape index (κ3) is 2.27. The third-order valence-electron chi connectivity index (χ3n) is 1.93. The molecular formula is C9H10BrF2NO2. The standard InChI is InChI=1S/C9H10BrF2NO2/c1-15-9-5(11)2-4(10)8(12)7(9)6(13)3-14/h2,6,14H,3,13H2,1H3. The first-order chi connectivity index (χ1) is 7.02. The van der Waals surface area contributed by atoms with Crippen molar-refractivity contribution in [2.45, 2.75) is 6.04 Å². The monoisotopic (exact) mass is 281 g/mol. The first kappa shape index (κ1) is 12.4. The molecule has 1 atom stereocenters. The molecule has 0 fully saturated rings. The predicted molar refractivity (Wildman–Crippen MR) is 54.6 cm³/mol. The van der Waals surface area contributed by atoms with Gasteiger partial charge in [0.25, 0.3) is 0 Å². The SMILES string of the molecule is COc1c(F)cc(Br)c(F)c1C(N)CO. The van der Waals surface area contributed by atoms with Gasteiger partial charge in [0, 0.05) is 0 Å². The minimum Gasteiger partial charge on any atom is -0.493 e. The van der Waals surface area contributed by atoms with Crippen LogP contribution in [0.25, 0.3) is 0 Å². The Labute approximate surface area is 94.0 Å². The largest absolute Gasteiger partial charge is 0.493 e. The van der Waals surface area contributed by atoms with E-state index in [9.17, 15) is 8.78 Å². The quantitative estimate of drug-likeness (QED) is 0.830. The number of ether oxygens (including phenoxy) is 1. The molecule has 6 heteroatoms. The molecule has 0 aliphatic carbocycles. The number of aliphatic hydroxyl groups excluding tert-OH is 1. The summed E-state index contributed by atoms with van der Waals surface area (Å²) in [5.41, 5.74) is 5.28. The fraction of sp³-hybridized carbons (Fsp3) is 0.333. The van der Waals surface area contributed by atoms with Crippen molar-refractivity contribution in [2.75, 3.05) is 13.7 Å². The zero-order chi connectivity index (χ0) is 11.6. The molecule has 3 N–H and O–H groups in total. The van der Waals surface area contributed by atoms with Crippen molar-refractivity contribution in [3.63, 3.8) is 0 Å². The Morgan fingerprint density at radius 1 is 1.60 bits per heavy atom. The van der Waals surface area contributed by atoms with Gasteiger partial charge in [0.05, 0.1) is 29.8 Å². The molecule has 0 amide bonds. The van der Waals surface area contributed by atoms with E-state index in [2.05, 4.69) is 15.9 Å². The Morgan fingerprint density at radius 2 is 2.20 bits per heavy atom. The number of aliphatic hydroxyl groups is 1. The molecule has 0 heterocycles. The molecule has 0 aromatic heterocycles. The van der Waals surface area contributed by atoms with E-state index in [1.807, 2.05) is 0 Å². The molecule has 0 bridgehead atoms. The number of hydrogen-bond acceptors (Lipinski definition) is 3. The summed E-state index contributed by atoms with van der Waals surface area (Å²) in [6.45, 7) is -0.497. The number of benzene rings is 1. The molecule has 84 valence electrons. The van der Waals surface area contributed by atoms with Crippen LogP contribution in [0.2, 0.25) is 0 Å². The van der Waals surface area contributed by atoms with Gasteiger partial charge in [-0.25, -0.2) is 8.78 Å². The van der Waals surface area contributed by atoms with Crippen molar-refractivity contribution in [1.29, 1.82) is 0 Å². The highest BCUT2D eigenvalue weighted by atomic mass is 79.9. The van der Waals surface area contributed by atoms with Crippen molar-refractivity contribution in [1.82, 2.24) is 0 Å². The van der Waals surface area contributed by atoms with Crippen LogP contribution < -0.4 is 10.5 Å². The maximum atomic E-state index is 13.6. The highest BCUT2D eigenvalue weighted by Gasteiger charge is 2.22. The van der Waals surface area contributed by atoms with E-state index in [1.165, 1.54) is 7.11 Å².